The molecule has 0 radical (unpaired) electrons. The van der Waals surface area contributed by atoms with Gasteiger partial charge in [-0.3, -0.25) is 4.79 Å². The number of aliphatic hydroxyl groups is 1. The lowest BCUT2D eigenvalue weighted by molar-refractivity contribution is -0.132. The standard InChI is InChI=1S/C23H28N6O2/c24-9-5-15-1-3-16(4-2-15)29-20(13-21(31)28-11-7-17(30)8-12-28)27-19-14-26-23-18(22(19)29)6-10-25-23/h6,10,14-17,30H,1-5,7-8,11-13H2,(H,25,26)/t15-,16-. The smallest absolute Gasteiger partial charge is 0.230 e. The Balaban J connectivity index is 1.49. The van der Waals surface area contributed by atoms with Crippen molar-refractivity contribution in [2.45, 2.75) is 63.5 Å². The number of nitrogens with one attached hydrogen (secondary N) is 1. The van der Waals surface area contributed by atoms with Gasteiger partial charge in [0, 0.05) is 37.1 Å². The summed E-state index contributed by atoms with van der Waals surface area (Å²) < 4.78 is 2.28. The lowest BCUT2D eigenvalue weighted by Crippen LogP contribution is -2.41. The van der Waals surface area contributed by atoms with E-state index in [2.05, 4.69) is 20.6 Å². The van der Waals surface area contributed by atoms with Gasteiger partial charge in [0.25, 0.3) is 0 Å². The van der Waals surface area contributed by atoms with Crippen LogP contribution in [-0.2, 0) is 11.2 Å². The second-order valence-corrected chi connectivity index (χ2v) is 8.96. The van der Waals surface area contributed by atoms with Crippen LogP contribution in [0.5, 0.6) is 0 Å². The highest BCUT2D eigenvalue weighted by Crippen LogP contribution is 2.38. The molecule has 4 heterocycles. The highest BCUT2D eigenvalue weighted by Gasteiger charge is 2.29. The van der Waals surface area contributed by atoms with Crippen LogP contribution < -0.4 is 0 Å². The Morgan fingerprint density at radius 1 is 1.23 bits per heavy atom. The normalized spacial score (nSPS) is 22.8. The predicted molar refractivity (Wildman–Crippen MR) is 116 cm³/mol. The Labute approximate surface area is 180 Å². The van der Waals surface area contributed by atoms with Crippen LogP contribution in [0.25, 0.3) is 22.1 Å². The van der Waals surface area contributed by atoms with Gasteiger partial charge >= 0.3 is 0 Å². The molecule has 5 rings (SSSR count). The molecule has 0 atom stereocenters. The topological polar surface area (TPSA) is 111 Å². The van der Waals surface area contributed by atoms with Gasteiger partial charge in [-0.1, -0.05) is 0 Å². The second-order valence-electron chi connectivity index (χ2n) is 8.96. The van der Waals surface area contributed by atoms with Crippen molar-refractivity contribution in [3.63, 3.8) is 0 Å². The van der Waals surface area contributed by atoms with E-state index in [0.29, 0.717) is 38.3 Å². The molecule has 31 heavy (non-hydrogen) atoms. The number of carbonyl (C=O) groups is 1. The third-order valence-electron chi connectivity index (χ3n) is 7.00. The maximum absolute atomic E-state index is 13.1. The third-order valence-corrected chi connectivity index (χ3v) is 7.00. The number of likely N-dealkylation sites (tertiary alicyclic amines) is 1. The molecule has 3 aromatic rings. The fraction of sp³-hybridized carbons (Fsp3) is 0.565. The lowest BCUT2D eigenvalue weighted by Gasteiger charge is -2.31. The van der Waals surface area contributed by atoms with Crippen LogP contribution >= 0.6 is 0 Å². The second kappa shape index (κ2) is 8.31. The van der Waals surface area contributed by atoms with Crippen molar-refractivity contribution >= 4 is 28.0 Å². The molecule has 2 N–H and O–H groups in total. The number of amides is 1. The number of pyridine rings is 1. The zero-order valence-corrected chi connectivity index (χ0v) is 17.6. The minimum atomic E-state index is -0.301. The average Bonchev–Trinajstić information content (AvgIpc) is 3.39. The molecule has 0 aromatic carbocycles. The number of aromatic amines is 1. The molecule has 1 saturated heterocycles. The first-order valence-electron chi connectivity index (χ1n) is 11.3. The molecule has 2 aliphatic rings. The van der Waals surface area contributed by atoms with Gasteiger partial charge < -0.3 is 19.6 Å². The average molecular weight is 421 g/mol. The number of rotatable bonds is 4. The van der Waals surface area contributed by atoms with Gasteiger partial charge in [0.1, 0.15) is 17.0 Å². The third kappa shape index (κ3) is 3.79. The number of piperidine rings is 1. The molecule has 8 nitrogen and oxygen atoms in total. The summed E-state index contributed by atoms with van der Waals surface area (Å²) in [5, 5.41) is 19.8. The van der Waals surface area contributed by atoms with Gasteiger partial charge in [0.15, 0.2) is 0 Å². The number of H-pyrrole nitrogens is 1. The zero-order valence-electron chi connectivity index (χ0n) is 17.6. The lowest BCUT2D eigenvalue weighted by atomic mass is 9.84. The van der Waals surface area contributed by atoms with Crippen molar-refractivity contribution in [2.75, 3.05) is 13.1 Å². The van der Waals surface area contributed by atoms with E-state index in [1.54, 1.807) is 6.20 Å². The number of hydrogen-bond donors (Lipinski definition) is 2. The number of aromatic nitrogens is 4. The summed E-state index contributed by atoms with van der Waals surface area (Å²) >= 11 is 0. The SMILES string of the molecule is N#CC[C@H]1CC[C@H](n2c(CC(=O)N3CCC(O)CC3)nc3cnc4[nH]ccc4c32)CC1. The fourth-order valence-electron chi connectivity index (χ4n) is 5.26. The highest BCUT2D eigenvalue weighted by atomic mass is 16.3. The van der Waals surface area contributed by atoms with Crippen LogP contribution in [0, 0.1) is 17.2 Å². The van der Waals surface area contributed by atoms with Crippen molar-refractivity contribution in [3.05, 3.63) is 24.3 Å². The summed E-state index contributed by atoms with van der Waals surface area (Å²) in [6, 6.07) is 4.61. The van der Waals surface area contributed by atoms with Crippen LogP contribution in [0.15, 0.2) is 18.5 Å². The van der Waals surface area contributed by atoms with E-state index < -0.39 is 0 Å². The molecule has 1 saturated carbocycles. The van der Waals surface area contributed by atoms with Crippen LogP contribution in [0.1, 0.15) is 56.8 Å². The Bertz CT molecular complexity index is 1130. The van der Waals surface area contributed by atoms with Crippen LogP contribution in [0.2, 0.25) is 0 Å². The monoisotopic (exact) mass is 420 g/mol. The molecule has 0 bridgehead atoms. The van der Waals surface area contributed by atoms with E-state index >= 15 is 0 Å². The number of nitrogens with zero attached hydrogens (tertiary/aromatic N) is 5. The van der Waals surface area contributed by atoms with Crippen LogP contribution in [0.4, 0.5) is 0 Å². The first-order valence-corrected chi connectivity index (χ1v) is 11.3. The van der Waals surface area contributed by atoms with Crippen LogP contribution in [0.3, 0.4) is 0 Å². The van der Waals surface area contributed by atoms with E-state index in [4.69, 9.17) is 10.2 Å². The van der Waals surface area contributed by atoms with Gasteiger partial charge in [-0.2, -0.15) is 5.26 Å². The van der Waals surface area contributed by atoms with Gasteiger partial charge in [0.05, 0.1) is 30.3 Å². The largest absolute Gasteiger partial charge is 0.393 e. The minimum Gasteiger partial charge on any atom is -0.393 e. The summed E-state index contributed by atoms with van der Waals surface area (Å²) in [6.45, 7) is 1.20. The molecular weight excluding hydrogens is 392 g/mol. The molecule has 0 spiro atoms. The van der Waals surface area contributed by atoms with Crippen molar-refractivity contribution in [2.24, 2.45) is 5.92 Å². The number of hydrogen-bond acceptors (Lipinski definition) is 5. The Morgan fingerprint density at radius 2 is 2.00 bits per heavy atom. The maximum atomic E-state index is 13.1. The van der Waals surface area contributed by atoms with Gasteiger partial charge in [-0.15, -0.1) is 0 Å². The fourth-order valence-corrected chi connectivity index (χ4v) is 5.26. The summed E-state index contributed by atoms with van der Waals surface area (Å²) in [6.07, 6.45) is 9.56. The van der Waals surface area contributed by atoms with Crippen molar-refractivity contribution in [1.29, 1.82) is 5.26 Å². The molecule has 162 valence electrons. The molecule has 8 heteroatoms. The quantitative estimate of drug-likeness (QED) is 0.674. The van der Waals surface area contributed by atoms with Crippen molar-refractivity contribution in [3.8, 4) is 6.07 Å². The molecular formula is C23H28N6O2. The van der Waals surface area contributed by atoms with Gasteiger partial charge in [-0.05, 0) is 50.5 Å². The van der Waals surface area contributed by atoms with Gasteiger partial charge in [-0.25, -0.2) is 9.97 Å². The first-order chi connectivity index (χ1) is 15.1. The van der Waals surface area contributed by atoms with Crippen molar-refractivity contribution in [1.82, 2.24) is 24.4 Å². The molecule has 0 unspecified atom stereocenters. The van der Waals surface area contributed by atoms with Gasteiger partial charge in [0.2, 0.25) is 5.91 Å². The zero-order chi connectivity index (χ0) is 21.4. The predicted octanol–water partition coefficient (Wildman–Crippen LogP) is 3.08. The highest BCUT2D eigenvalue weighted by molar-refractivity contribution is 6.01. The summed E-state index contributed by atoms with van der Waals surface area (Å²) in [5.41, 5.74) is 2.70. The molecule has 2 fully saturated rings. The number of carbonyl (C=O) groups excluding carboxylic acids is 1. The first kappa shape index (κ1) is 20.0. The van der Waals surface area contributed by atoms with E-state index in [1.807, 2.05) is 17.2 Å². The Kier molecular flexibility index (Phi) is 5.36. The maximum Gasteiger partial charge on any atom is 0.230 e. The molecule has 1 amide bonds. The van der Waals surface area contributed by atoms with Crippen molar-refractivity contribution < 1.29 is 9.90 Å². The number of nitriles is 1. The summed E-state index contributed by atoms with van der Waals surface area (Å²) in [4.78, 5) is 27.5. The minimum absolute atomic E-state index is 0.0693. The van der Waals surface area contributed by atoms with E-state index in [1.165, 1.54) is 0 Å². The van der Waals surface area contributed by atoms with Crippen LogP contribution in [-0.4, -0.2) is 54.6 Å². The summed E-state index contributed by atoms with van der Waals surface area (Å²) in [7, 11) is 0. The van der Waals surface area contributed by atoms with E-state index in [-0.39, 0.29) is 24.5 Å². The number of aliphatic hydroxyl groups excluding tert-OH is 1. The Morgan fingerprint density at radius 3 is 2.74 bits per heavy atom. The van der Waals surface area contributed by atoms with E-state index in [9.17, 15) is 9.90 Å². The Hall–Kier alpha value is -2.92. The summed E-state index contributed by atoms with van der Waals surface area (Å²) in [5.74, 6) is 1.33. The molecule has 3 aromatic heterocycles. The number of fused-ring (bicyclic) bond motifs is 3. The number of imidazole rings is 1. The molecule has 1 aliphatic carbocycles. The molecule has 1 aliphatic heterocycles. The van der Waals surface area contributed by atoms with E-state index in [0.717, 1.165) is 53.6 Å².